The molecule has 0 aliphatic heterocycles. The summed E-state index contributed by atoms with van der Waals surface area (Å²) in [4.78, 5) is 12.3. The Morgan fingerprint density at radius 2 is 1.91 bits per heavy atom. The van der Waals surface area contributed by atoms with Gasteiger partial charge in [-0.25, -0.2) is 0 Å². The summed E-state index contributed by atoms with van der Waals surface area (Å²) >= 11 is 1.29. The predicted octanol–water partition coefficient (Wildman–Crippen LogP) is 4.19. The van der Waals surface area contributed by atoms with Crippen LogP contribution < -0.4 is 5.32 Å². The summed E-state index contributed by atoms with van der Waals surface area (Å²) in [6.45, 7) is 6.13. The van der Waals surface area contributed by atoms with Crippen LogP contribution >= 0.6 is 11.8 Å². The number of aromatic nitrogens is 2. The Hall–Kier alpha value is -1.82. The smallest absolute Gasteiger partial charge is 0.277 e. The van der Waals surface area contributed by atoms with Crippen molar-refractivity contribution < 1.29 is 9.21 Å². The zero-order valence-corrected chi connectivity index (χ0v) is 14.4. The molecular formula is C17H21N3O2S. The Kier molecular flexibility index (Phi) is 4.71. The Bertz CT molecular complexity index is 677. The van der Waals surface area contributed by atoms with Gasteiger partial charge in [0.05, 0.1) is 5.25 Å². The number of anilines is 1. The van der Waals surface area contributed by atoms with Crippen LogP contribution in [0.2, 0.25) is 0 Å². The van der Waals surface area contributed by atoms with E-state index in [2.05, 4.69) is 29.4 Å². The number of thioether (sulfide) groups is 1. The van der Waals surface area contributed by atoms with Crippen LogP contribution in [0.15, 0.2) is 33.9 Å². The van der Waals surface area contributed by atoms with Gasteiger partial charge in [-0.15, -0.1) is 10.2 Å². The van der Waals surface area contributed by atoms with Gasteiger partial charge in [-0.3, -0.25) is 4.79 Å². The fourth-order valence-electron chi connectivity index (χ4n) is 2.16. The summed E-state index contributed by atoms with van der Waals surface area (Å²) < 4.78 is 5.58. The monoisotopic (exact) mass is 331 g/mol. The quantitative estimate of drug-likeness (QED) is 0.804. The zero-order chi connectivity index (χ0) is 16.4. The van der Waals surface area contributed by atoms with Gasteiger partial charge in [-0.05, 0) is 43.4 Å². The van der Waals surface area contributed by atoms with Gasteiger partial charge in [0, 0.05) is 11.6 Å². The molecule has 1 aromatic carbocycles. The average Bonchev–Trinajstić information content (AvgIpc) is 3.28. The first-order chi connectivity index (χ1) is 11.0. The molecule has 0 bridgehead atoms. The van der Waals surface area contributed by atoms with Crippen LogP contribution in [0.5, 0.6) is 0 Å². The van der Waals surface area contributed by atoms with Gasteiger partial charge >= 0.3 is 0 Å². The van der Waals surface area contributed by atoms with Crippen LogP contribution in [0, 0.1) is 0 Å². The highest BCUT2D eigenvalue weighted by Gasteiger charge is 2.30. The summed E-state index contributed by atoms with van der Waals surface area (Å²) in [5.74, 6) is 1.54. The van der Waals surface area contributed by atoms with Crippen molar-refractivity contribution in [1.82, 2.24) is 10.2 Å². The van der Waals surface area contributed by atoms with Crippen LogP contribution in [0.3, 0.4) is 0 Å². The molecule has 1 aromatic heterocycles. The lowest BCUT2D eigenvalue weighted by molar-refractivity contribution is -0.115. The van der Waals surface area contributed by atoms with Gasteiger partial charge < -0.3 is 9.73 Å². The molecule has 0 radical (unpaired) electrons. The number of amides is 1. The van der Waals surface area contributed by atoms with Crippen LogP contribution in [0.4, 0.5) is 5.69 Å². The zero-order valence-electron chi connectivity index (χ0n) is 13.6. The molecule has 1 atom stereocenters. The van der Waals surface area contributed by atoms with Crippen molar-refractivity contribution in [2.75, 3.05) is 5.32 Å². The molecule has 1 N–H and O–H groups in total. The Labute approximate surface area is 140 Å². The molecule has 5 nitrogen and oxygen atoms in total. The van der Waals surface area contributed by atoms with Crippen molar-refractivity contribution in [2.24, 2.45) is 0 Å². The van der Waals surface area contributed by atoms with E-state index in [4.69, 9.17) is 4.42 Å². The molecule has 0 spiro atoms. The Morgan fingerprint density at radius 1 is 1.22 bits per heavy atom. The fraction of sp³-hybridized carbons (Fsp3) is 0.471. The second kappa shape index (κ2) is 6.74. The maximum Gasteiger partial charge on any atom is 0.277 e. The largest absolute Gasteiger partial charge is 0.416 e. The lowest BCUT2D eigenvalue weighted by Gasteiger charge is -2.11. The van der Waals surface area contributed by atoms with Gasteiger partial charge in [-0.2, -0.15) is 0 Å². The molecule has 1 fully saturated rings. The van der Waals surface area contributed by atoms with Crippen LogP contribution in [-0.2, 0) is 4.79 Å². The molecule has 0 saturated heterocycles. The molecule has 23 heavy (non-hydrogen) atoms. The maximum atomic E-state index is 12.3. The van der Waals surface area contributed by atoms with E-state index in [0.29, 0.717) is 22.9 Å². The van der Waals surface area contributed by atoms with E-state index in [1.54, 1.807) is 0 Å². The van der Waals surface area contributed by atoms with Crippen molar-refractivity contribution in [2.45, 2.75) is 55.9 Å². The first-order valence-electron chi connectivity index (χ1n) is 7.94. The molecule has 1 amide bonds. The highest BCUT2D eigenvalue weighted by molar-refractivity contribution is 8.00. The number of benzene rings is 1. The predicted molar refractivity (Wildman–Crippen MR) is 90.8 cm³/mol. The van der Waals surface area contributed by atoms with Crippen molar-refractivity contribution in [1.29, 1.82) is 0 Å². The SMILES string of the molecule is CC(C)c1ccc(NC(=O)[C@H](C)Sc2nnc(C3CC3)o2)cc1. The number of nitrogens with zero attached hydrogens (tertiary/aromatic N) is 2. The number of hydrogen-bond donors (Lipinski definition) is 1. The molecule has 1 saturated carbocycles. The molecule has 6 heteroatoms. The third-order valence-electron chi connectivity index (χ3n) is 3.84. The van der Waals surface area contributed by atoms with Gasteiger partial charge in [-0.1, -0.05) is 37.7 Å². The maximum absolute atomic E-state index is 12.3. The van der Waals surface area contributed by atoms with E-state index in [-0.39, 0.29) is 11.2 Å². The number of carbonyl (C=O) groups is 1. The minimum atomic E-state index is -0.299. The molecule has 0 unspecified atom stereocenters. The molecule has 2 aromatic rings. The molecular weight excluding hydrogens is 310 g/mol. The standard InChI is InChI=1S/C17H21N3O2S/c1-10(2)12-6-8-14(9-7-12)18-15(21)11(3)23-17-20-19-16(22-17)13-4-5-13/h6-11,13H,4-5H2,1-3H3,(H,18,21)/t11-/m0/s1. The Balaban J connectivity index is 1.55. The minimum Gasteiger partial charge on any atom is -0.416 e. The van der Waals surface area contributed by atoms with E-state index in [1.165, 1.54) is 17.3 Å². The molecule has 3 rings (SSSR count). The summed E-state index contributed by atoms with van der Waals surface area (Å²) in [6, 6.07) is 7.95. The lowest BCUT2D eigenvalue weighted by atomic mass is 10.0. The molecule has 1 aliphatic carbocycles. The van der Waals surface area contributed by atoms with Gasteiger partial charge in [0.25, 0.3) is 5.22 Å². The summed E-state index contributed by atoms with van der Waals surface area (Å²) in [6.07, 6.45) is 2.24. The second-order valence-electron chi connectivity index (χ2n) is 6.21. The van der Waals surface area contributed by atoms with Crippen molar-refractivity contribution in [3.8, 4) is 0 Å². The summed E-state index contributed by atoms with van der Waals surface area (Å²) in [7, 11) is 0. The van der Waals surface area contributed by atoms with Crippen LogP contribution in [-0.4, -0.2) is 21.4 Å². The lowest BCUT2D eigenvalue weighted by Crippen LogP contribution is -2.22. The van der Waals surface area contributed by atoms with Crippen molar-refractivity contribution in [3.63, 3.8) is 0 Å². The van der Waals surface area contributed by atoms with Gasteiger partial charge in [0.1, 0.15) is 0 Å². The van der Waals surface area contributed by atoms with E-state index >= 15 is 0 Å². The van der Waals surface area contributed by atoms with Crippen LogP contribution in [0.1, 0.15) is 56.9 Å². The topological polar surface area (TPSA) is 68.0 Å². The number of hydrogen-bond acceptors (Lipinski definition) is 5. The number of nitrogens with one attached hydrogen (secondary N) is 1. The first-order valence-corrected chi connectivity index (χ1v) is 8.82. The minimum absolute atomic E-state index is 0.0709. The fourth-order valence-corrected chi connectivity index (χ4v) is 2.85. The molecule has 1 aliphatic rings. The van der Waals surface area contributed by atoms with Gasteiger partial charge in [0.2, 0.25) is 11.8 Å². The average molecular weight is 331 g/mol. The van der Waals surface area contributed by atoms with Crippen molar-refractivity contribution in [3.05, 3.63) is 35.7 Å². The third-order valence-corrected chi connectivity index (χ3v) is 4.77. The summed E-state index contributed by atoms with van der Waals surface area (Å²) in [5.41, 5.74) is 2.06. The third kappa shape index (κ3) is 4.13. The van der Waals surface area contributed by atoms with E-state index in [1.807, 2.05) is 31.2 Å². The highest BCUT2D eigenvalue weighted by atomic mass is 32.2. The normalized spacial score (nSPS) is 15.7. The van der Waals surface area contributed by atoms with E-state index in [9.17, 15) is 4.79 Å². The number of rotatable bonds is 6. The molecule has 1 heterocycles. The van der Waals surface area contributed by atoms with Crippen molar-refractivity contribution >= 4 is 23.4 Å². The first kappa shape index (κ1) is 16.1. The van der Waals surface area contributed by atoms with E-state index < -0.39 is 0 Å². The van der Waals surface area contributed by atoms with E-state index in [0.717, 1.165) is 18.5 Å². The van der Waals surface area contributed by atoms with Crippen LogP contribution in [0.25, 0.3) is 0 Å². The second-order valence-corrected chi connectivity index (χ2v) is 7.50. The summed E-state index contributed by atoms with van der Waals surface area (Å²) in [5, 5.41) is 11.1. The number of carbonyl (C=O) groups excluding carboxylic acids is 1. The molecule has 122 valence electrons. The highest BCUT2D eigenvalue weighted by Crippen LogP contribution is 2.40. The van der Waals surface area contributed by atoms with Gasteiger partial charge in [0.15, 0.2) is 0 Å². The Morgan fingerprint density at radius 3 is 2.52 bits per heavy atom.